The Morgan fingerprint density at radius 2 is 2.03 bits per heavy atom. The highest BCUT2D eigenvalue weighted by Gasteiger charge is 2.27. The van der Waals surface area contributed by atoms with Gasteiger partial charge < -0.3 is 24.7 Å². The summed E-state index contributed by atoms with van der Waals surface area (Å²) in [5.74, 6) is 2.03. The SMILES string of the molecule is CC(=O)Nc1cc(Oc2ccc3nc(Nc4cc(C5CC5)cn([C@@H]5CCCOC5)c4=O)n(C)c3n2)ccn1. The molecule has 11 nitrogen and oxygen atoms in total. The van der Waals surface area contributed by atoms with Crippen molar-refractivity contribution < 1.29 is 14.3 Å². The van der Waals surface area contributed by atoms with Crippen LogP contribution in [0.4, 0.5) is 17.5 Å². The molecule has 2 N–H and O–H groups in total. The fourth-order valence-corrected chi connectivity index (χ4v) is 4.75. The first-order valence-electron chi connectivity index (χ1n) is 12.8. The lowest BCUT2D eigenvalue weighted by Gasteiger charge is -2.25. The minimum absolute atomic E-state index is 0.0386. The van der Waals surface area contributed by atoms with Crippen LogP contribution < -0.4 is 20.9 Å². The third kappa shape index (κ3) is 4.97. The second kappa shape index (κ2) is 9.90. The second-order valence-corrected chi connectivity index (χ2v) is 9.82. The quantitative estimate of drug-likeness (QED) is 0.374. The molecule has 1 saturated carbocycles. The average Bonchev–Trinajstić information content (AvgIpc) is 3.71. The molecule has 0 radical (unpaired) electrons. The number of hydrogen-bond acceptors (Lipinski definition) is 8. The van der Waals surface area contributed by atoms with Crippen molar-refractivity contribution in [1.29, 1.82) is 0 Å². The van der Waals surface area contributed by atoms with Crippen LogP contribution in [0, 0.1) is 0 Å². The molecule has 6 rings (SSSR count). The van der Waals surface area contributed by atoms with E-state index in [0.717, 1.165) is 32.3 Å². The highest BCUT2D eigenvalue weighted by atomic mass is 16.5. The number of ether oxygens (including phenoxy) is 2. The highest BCUT2D eigenvalue weighted by molar-refractivity contribution is 5.87. The summed E-state index contributed by atoms with van der Waals surface area (Å²) in [6.07, 6.45) is 7.72. The van der Waals surface area contributed by atoms with Crippen LogP contribution in [0.3, 0.4) is 0 Å². The summed E-state index contributed by atoms with van der Waals surface area (Å²) in [5, 5.41) is 5.91. The zero-order valence-corrected chi connectivity index (χ0v) is 21.3. The summed E-state index contributed by atoms with van der Waals surface area (Å²) in [6, 6.07) is 8.84. The van der Waals surface area contributed by atoms with Crippen molar-refractivity contribution in [1.82, 2.24) is 24.1 Å². The van der Waals surface area contributed by atoms with E-state index in [9.17, 15) is 9.59 Å². The Morgan fingerprint density at radius 1 is 1.16 bits per heavy atom. The van der Waals surface area contributed by atoms with Crippen LogP contribution in [0.2, 0.25) is 0 Å². The summed E-state index contributed by atoms with van der Waals surface area (Å²) in [7, 11) is 1.84. The van der Waals surface area contributed by atoms with Gasteiger partial charge in [-0.05, 0) is 55.4 Å². The van der Waals surface area contributed by atoms with E-state index in [1.54, 1.807) is 29.0 Å². The van der Waals surface area contributed by atoms with Crippen molar-refractivity contribution in [3.05, 3.63) is 58.6 Å². The van der Waals surface area contributed by atoms with Gasteiger partial charge in [0.05, 0.1) is 12.6 Å². The molecule has 4 aromatic heterocycles. The Hall–Kier alpha value is -4.25. The van der Waals surface area contributed by atoms with Crippen molar-refractivity contribution >= 4 is 34.5 Å². The number of nitrogens with zero attached hydrogens (tertiary/aromatic N) is 5. The molecule has 1 atom stereocenters. The Labute approximate surface area is 218 Å². The molecule has 1 saturated heterocycles. The first kappa shape index (κ1) is 24.1. The maximum atomic E-state index is 13.5. The van der Waals surface area contributed by atoms with Crippen LogP contribution in [-0.4, -0.2) is 43.2 Å². The summed E-state index contributed by atoms with van der Waals surface area (Å²) in [4.78, 5) is 38.2. The maximum absolute atomic E-state index is 13.5. The van der Waals surface area contributed by atoms with E-state index in [4.69, 9.17) is 9.47 Å². The van der Waals surface area contributed by atoms with Crippen molar-refractivity contribution in [2.45, 2.75) is 44.6 Å². The molecule has 0 aromatic carbocycles. The lowest BCUT2D eigenvalue weighted by atomic mass is 10.1. The molecular formula is C27H29N7O4. The van der Waals surface area contributed by atoms with E-state index in [1.807, 2.05) is 29.9 Å². The third-order valence-electron chi connectivity index (χ3n) is 6.84. The van der Waals surface area contributed by atoms with Crippen molar-refractivity contribution in [2.75, 3.05) is 23.8 Å². The Bertz CT molecular complexity index is 1570. The van der Waals surface area contributed by atoms with Crippen LogP contribution in [0.25, 0.3) is 11.2 Å². The molecule has 196 valence electrons. The molecular weight excluding hydrogens is 486 g/mol. The standard InChI is InChI=1S/C27H29N7O4/c1-16(35)29-23-13-20(9-10-28-23)38-24-8-7-21-25(32-24)33(2)27(30-21)31-22-12-18(17-5-6-17)14-34(26(22)36)19-4-3-11-37-15-19/h7-10,12-14,17,19H,3-6,11,15H2,1-2H3,(H,30,31)(H,28,29,35)/t19-/m1/s1. The normalized spacial score (nSPS) is 17.4. The first-order chi connectivity index (χ1) is 18.4. The van der Waals surface area contributed by atoms with E-state index in [0.29, 0.717) is 52.8 Å². The molecule has 5 heterocycles. The molecule has 1 aliphatic carbocycles. The van der Waals surface area contributed by atoms with Crippen LogP contribution in [0.1, 0.15) is 50.1 Å². The Morgan fingerprint density at radius 3 is 2.79 bits per heavy atom. The lowest BCUT2D eigenvalue weighted by Crippen LogP contribution is -2.31. The zero-order chi connectivity index (χ0) is 26.2. The highest BCUT2D eigenvalue weighted by Crippen LogP contribution is 2.41. The van der Waals surface area contributed by atoms with Crippen molar-refractivity contribution in [3.8, 4) is 11.6 Å². The van der Waals surface area contributed by atoms with Crippen LogP contribution in [-0.2, 0) is 16.6 Å². The van der Waals surface area contributed by atoms with E-state index in [-0.39, 0.29) is 17.5 Å². The van der Waals surface area contributed by atoms with Gasteiger partial charge in [-0.1, -0.05) is 0 Å². The van der Waals surface area contributed by atoms with Crippen molar-refractivity contribution in [2.24, 2.45) is 7.05 Å². The molecule has 2 fully saturated rings. The van der Waals surface area contributed by atoms with Gasteiger partial charge in [-0.2, -0.15) is 4.98 Å². The van der Waals surface area contributed by atoms with Gasteiger partial charge in [0.1, 0.15) is 22.8 Å². The number of imidazole rings is 1. The number of carbonyl (C=O) groups is 1. The number of aromatic nitrogens is 5. The topological polar surface area (TPSA) is 125 Å². The number of anilines is 3. The largest absolute Gasteiger partial charge is 0.439 e. The van der Waals surface area contributed by atoms with Gasteiger partial charge in [0.25, 0.3) is 5.56 Å². The van der Waals surface area contributed by atoms with Gasteiger partial charge in [0.2, 0.25) is 17.7 Å². The van der Waals surface area contributed by atoms with Crippen LogP contribution >= 0.6 is 0 Å². The lowest BCUT2D eigenvalue weighted by molar-refractivity contribution is -0.114. The van der Waals surface area contributed by atoms with E-state index >= 15 is 0 Å². The number of fused-ring (bicyclic) bond motifs is 1. The first-order valence-corrected chi connectivity index (χ1v) is 12.8. The molecule has 1 amide bonds. The van der Waals surface area contributed by atoms with Gasteiger partial charge >= 0.3 is 0 Å². The van der Waals surface area contributed by atoms with Gasteiger partial charge in [0.15, 0.2) is 5.65 Å². The van der Waals surface area contributed by atoms with Gasteiger partial charge in [-0.3, -0.25) is 14.2 Å². The van der Waals surface area contributed by atoms with Gasteiger partial charge in [0, 0.05) is 45.1 Å². The fraction of sp³-hybridized carbons (Fsp3) is 0.370. The number of hydrogen-bond donors (Lipinski definition) is 2. The maximum Gasteiger partial charge on any atom is 0.274 e. The predicted octanol–water partition coefficient (Wildman–Crippen LogP) is 4.25. The monoisotopic (exact) mass is 515 g/mol. The fourth-order valence-electron chi connectivity index (χ4n) is 4.75. The number of aryl methyl sites for hydroxylation is 1. The summed E-state index contributed by atoms with van der Waals surface area (Å²) in [5.41, 5.74) is 2.84. The van der Waals surface area contributed by atoms with E-state index in [2.05, 4.69) is 25.6 Å². The zero-order valence-electron chi connectivity index (χ0n) is 21.3. The number of pyridine rings is 3. The molecule has 0 spiro atoms. The third-order valence-corrected chi connectivity index (χ3v) is 6.84. The number of carbonyl (C=O) groups excluding carboxylic acids is 1. The molecule has 4 aromatic rings. The molecule has 0 unspecified atom stereocenters. The number of amides is 1. The number of nitrogens with one attached hydrogen (secondary N) is 2. The Kier molecular flexibility index (Phi) is 6.28. The predicted molar refractivity (Wildman–Crippen MR) is 142 cm³/mol. The summed E-state index contributed by atoms with van der Waals surface area (Å²) < 4.78 is 15.2. The molecule has 38 heavy (non-hydrogen) atoms. The molecule has 0 bridgehead atoms. The molecule has 1 aliphatic heterocycles. The second-order valence-electron chi connectivity index (χ2n) is 9.82. The van der Waals surface area contributed by atoms with E-state index in [1.165, 1.54) is 12.5 Å². The van der Waals surface area contributed by atoms with Crippen LogP contribution in [0.5, 0.6) is 11.6 Å². The van der Waals surface area contributed by atoms with Gasteiger partial charge in [-0.25, -0.2) is 9.97 Å². The number of rotatable bonds is 7. The molecule has 2 aliphatic rings. The minimum atomic E-state index is -0.217. The minimum Gasteiger partial charge on any atom is -0.439 e. The van der Waals surface area contributed by atoms with E-state index < -0.39 is 0 Å². The van der Waals surface area contributed by atoms with Crippen LogP contribution in [0.15, 0.2) is 47.5 Å². The average molecular weight is 516 g/mol. The Balaban J connectivity index is 1.29. The van der Waals surface area contributed by atoms with Crippen molar-refractivity contribution in [3.63, 3.8) is 0 Å². The van der Waals surface area contributed by atoms with Gasteiger partial charge in [-0.15, -0.1) is 0 Å². The summed E-state index contributed by atoms with van der Waals surface area (Å²) >= 11 is 0. The molecule has 11 heteroatoms. The summed E-state index contributed by atoms with van der Waals surface area (Å²) in [6.45, 7) is 2.71. The smallest absolute Gasteiger partial charge is 0.274 e.